The Labute approximate surface area is 186 Å². The Morgan fingerprint density at radius 3 is 1.77 bits per heavy atom. The zero-order valence-electron chi connectivity index (χ0n) is 18.2. The van der Waals surface area contributed by atoms with Crippen LogP contribution in [0.1, 0.15) is 22.3 Å². The van der Waals surface area contributed by atoms with Gasteiger partial charge in [0, 0.05) is 20.2 Å². The smallest absolute Gasteiger partial charge is 0.196 e. The van der Waals surface area contributed by atoms with Gasteiger partial charge in [-0.05, 0) is 74.2 Å². The summed E-state index contributed by atoms with van der Waals surface area (Å²) in [4.78, 5) is 13.6. The van der Waals surface area contributed by atoms with Gasteiger partial charge in [0.05, 0.1) is 0 Å². The Hall–Kier alpha value is -3.23. The van der Waals surface area contributed by atoms with Gasteiger partial charge in [0.1, 0.15) is 0 Å². The van der Waals surface area contributed by atoms with E-state index in [0.29, 0.717) is 0 Å². The first-order valence-corrected chi connectivity index (χ1v) is 11.4. The van der Waals surface area contributed by atoms with Crippen molar-refractivity contribution in [1.29, 1.82) is 0 Å². The summed E-state index contributed by atoms with van der Waals surface area (Å²) >= 11 is 1.70. The summed E-state index contributed by atoms with van der Waals surface area (Å²) in [5.41, 5.74) is 9.49. The normalized spacial score (nSPS) is 11.4. The van der Waals surface area contributed by atoms with Crippen LogP contribution in [-0.2, 0) is 0 Å². The van der Waals surface area contributed by atoms with E-state index in [-0.39, 0.29) is 5.43 Å². The van der Waals surface area contributed by atoms with E-state index in [0.717, 1.165) is 36.9 Å². The van der Waals surface area contributed by atoms with E-state index in [9.17, 15) is 4.79 Å². The fourth-order valence-corrected chi connectivity index (χ4v) is 5.74. The molecule has 0 fully saturated rings. The summed E-state index contributed by atoms with van der Waals surface area (Å²) < 4.78 is 2.07. The predicted molar refractivity (Wildman–Crippen MR) is 135 cm³/mol. The van der Waals surface area contributed by atoms with Gasteiger partial charge in [-0.25, -0.2) is 0 Å². The van der Waals surface area contributed by atoms with Crippen molar-refractivity contribution in [2.24, 2.45) is 0 Å². The van der Waals surface area contributed by atoms with Crippen molar-refractivity contribution in [3.8, 4) is 22.3 Å². The molecule has 0 unspecified atom stereocenters. The van der Waals surface area contributed by atoms with E-state index in [1.54, 1.807) is 11.3 Å². The van der Waals surface area contributed by atoms with E-state index in [1.807, 2.05) is 24.3 Å². The molecular formula is C29H24OS. The lowest BCUT2D eigenvalue weighted by atomic mass is 9.92. The maximum Gasteiger partial charge on any atom is 0.196 e. The molecule has 0 aliphatic heterocycles. The van der Waals surface area contributed by atoms with Crippen LogP contribution in [-0.4, -0.2) is 0 Å². The van der Waals surface area contributed by atoms with Crippen LogP contribution in [0.5, 0.6) is 0 Å². The lowest BCUT2D eigenvalue weighted by molar-refractivity contribution is 1.38. The van der Waals surface area contributed by atoms with Crippen LogP contribution >= 0.6 is 11.3 Å². The molecule has 0 N–H and O–H groups in total. The molecule has 0 atom stereocenters. The Morgan fingerprint density at radius 1 is 0.581 bits per heavy atom. The highest BCUT2D eigenvalue weighted by molar-refractivity contribution is 7.24. The van der Waals surface area contributed by atoms with E-state index < -0.39 is 0 Å². The van der Waals surface area contributed by atoms with E-state index in [1.165, 1.54) is 27.8 Å². The number of fused-ring (bicyclic) bond motifs is 2. The van der Waals surface area contributed by atoms with E-state index >= 15 is 0 Å². The van der Waals surface area contributed by atoms with E-state index in [2.05, 4.69) is 76.2 Å². The molecule has 0 saturated heterocycles. The highest BCUT2D eigenvalue weighted by Gasteiger charge is 2.15. The molecule has 0 spiro atoms. The molecule has 0 amide bonds. The first-order valence-electron chi connectivity index (χ1n) is 10.6. The Kier molecular flexibility index (Phi) is 4.75. The quantitative estimate of drug-likeness (QED) is 0.265. The fourth-order valence-electron chi connectivity index (χ4n) is 4.59. The lowest BCUT2D eigenvalue weighted by Crippen LogP contribution is -2.03. The minimum atomic E-state index is 0.116. The highest BCUT2D eigenvalue weighted by atomic mass is 32.1. The number of rotatable bonds is 2. The van der Waals surface area contributed by atoms with Gasteiger partial charge in [0.2, 0.25) is 0 Å². The zero-order valence-corrected chi connectivity index (χ0v) is 19.1. The standard InChI is InChI=1S/C29H24OS/c1-17-9-18(2)12-21(11-17)22-15-25(23-13-19(3)10-20(4)14-23)28-27(16-22)31-26-8-6-5-7-24(26)29(28)30/h5-16H,1-4H3. The minimum absolute atomic E-state index is 0.116. The summed E-state index contributed by atoms with van der Waals surface area (Å²) in [5, 5.41) is 1.62. The SMILES string of the molecule is Cc1cc(C)cc(-c2cc(-c3cc(C)cc(C)c3)c3c(=O)c4ccccc4sc3c2)c1. The van der Waals surface area contributed by atoms with Crippen molar-refractivity contribution in [3.63, 3.8) is 0 Å². The number of hydrogen-bond donors (Lipinski definition) is 0. The van der Waals surface area contributed by atoms with Crippen LogP contribution in [0.4, 0.5) is 0 Å². The Balaban J connectivity index is 1.93. The second-order valence-electron chi connectivity index (χ2n) is 8.58. The average Bonchev–Trinajstić information content (AvgIpc) is 2.71. The average molecular weight is 421 g/mol. The van der Waals surface area contributed by atoms with Crippen LogP contribution in [0.3, 0.4) is 0 Å². The van der Waals surface area contributed by atoms with Gasteiger partial charge in [-0.15, -0.1) is 11.3 Å². The molecule has 5 aromatic rings. The van der Waals surface area contributed by atoms with Gasteiger partial charge < -0.3 is 0 Å². The third-order valence-electron chi connectivity index (χ3n) is 5.77. The summed E-state index contributed by atoms with van der Waals surface area (Å²) in [7, 11) is 0. The Morgan fingerprint density at radius 2 is 1.13 bits per heavy atom. The van der Waals surface area contributed by atoms with Crippen LogP contribution in [0.15, 0.2) is 77.6 Å². The van der Waals surface area contributed by atoms with Gasteiger partial charge in [0.15, 0.2) is 5.43 Å². The molecule has 0 radical (unpaired) electrons. The topological polar surface area (TPSA) is 17.1 Å². The van der Waals surface area contributed by atoms with Crippen LogP contribution < -0.4 is 5.43 Å². The Bertz CT molecular complexity index is 1500. The second-order valence-corrected chi connectivity index (χ2v) is 9.66. The van der Waals surface area contributed by atoms with Crippen molar-refractivity contribution in [3.05, 3.63) is 105 Å². The first kappa shape index (κ1) is 19.7. The van der Waals surface area contributed by atoms with Crippen molar-refractivity contribution >= 4 is 31.5 Å². The van der Waals surface area contributed by atoms with Gasteiger partial charge in [0.25, 0.3) is 0 Å². The summed E-state index contributed by atoms with van der Waals surface area (Å²) in [6.07, 6.45) is 0. The van der Waals surface area contributed by atoms with Crippen molar-refractivity contribution in [2.45, 2.75) is 27.7 Å². The van der Waals surface area contributed by atoms with Crippen molar-refractivity contribution in [2.75, 3.05) is 0 Å². The maximum absolute atomic E-state index is 13.6. The third kappa shape index (κ3) is 3.58. The van der Waals surface area contributed by atoms with Gasteiger partial charge in [-0.1, -0.05) is 70.8 Å². The van der Waals surface area contributed by atoms with Crippen molar-refractivity contribution in [1.82, 2.24) is 0 Å². The van der Waals surface area contributed by atoms with Crippen LogP contribution in [0, 0.1) is 27.7 Å². The first-order chi connectivity index (χ1) is 14.9. The molecule has 2 heteroatoms. The highest BCUT2D eigenvalue weighted by Crippen LogP contribution is 2.37. The molecule has 0 bridgehead atoms. The molecular weight excluding hydrogens is 396 g/mol. The van der Waals surface area contributed by atoms with Crippen LogP contribution in [0.2, 0.25) is 0 Å². The molecule has 31 heavy (non-hydrogen) atoms. The molecule has 4 aromatic carbocycles. The predicted octanol–water partition coefficient (Wildman–Crippen LogP) is 7.98. The largest absolute Gasteiger partial charge is 0.288 e. The van der Waals surface area contributed by atoms with Crippen LogP contribution in [0.25, 0.3) is 42.4 Å². The molecule has 1 nitrogen and oxygen atoms in total. The molecule has 0 aliphatic carbocycles. The number of hydrogen-bond acceptors (Lipinski definition) is 2. The fraction of sp³-hybridized carbons (Fsp3) is 0.138. The maximum atomic E-state index is 13.6. The summed E-state index contributed by atoms with van der Waals surface area (Å²) in [5.74, 6) is 0. The summed E-state index contributed by atoms with van der Waals surface area (Å²) in [6.45, 7) is 8.49. The van der Waals surface area contributed by atoms with Gasteiger partial charge >= 0.3 is 0 Å². The molecule has 5 rings (SSSR count). The third-order valence-corrected chi connectivity index (χ3v) is 6.89. The number of benzene rings is 4. The molecule has 0 saturated carbocycles. The van der Waals surface area contributed by atoms with Gasteiger partial charge in [-0.2, -0.15) is 0 Å². The van der Waals surface area contributed by atoms with Gasteiger partial charge in [-0.3, -0.25) is 4.79 Å². The molecule has 1 aromatic heterocycles. The van der Waals surface area contributed by atoms with Crippen molar-refractivity contribution < 1.29 is 0 Å². The second kappa shape index (κ2) is 7.47. The number of aryl methyl sites for hydroxylation is 4. The minimum Gasteiger partial charge on any atom is -0.288 e. The van der Waals surface area contributed by atoms with E-state index in [4.69, 9.17) is 0 Å². The monoisotopic (exact) mass is 420 g/mol. The zero-order chi connectivity index (χ0) is 21.7. The molecule has 1 heterocycles. The molecule has 0 aliphatic rings. The lowest BCUT2D eigenvalue weighted by Gasteiger charge is -2.13. The summed E-state index contributed by atoms with van der Waals surface area (Å²) in [6, 6.07) is 25.5. The molecule has 152 valence electrons.